The van der Waals surface area contributed by atoms with Crippen LogP contribution in [0, 0.1) is 5.92 Å². The van der Waals surface area contributed by atoms with E-state index in [4.69, 9.17) is 9.47 Å². The topological polar surface area (TPSA) is 51.1 Å². The van der Waals surface area contributed by atoms with E-state index in [1.807, 2.05) is 24.3 Å². The zero-order valence-corrected chi connectivity index (χ0v) is 18.2. The van der Waals surface area contributed by atoms with Crippen LogP contribution in [0.25, 0.3) is 6.08 Å². The first-order valence-corrected chi connectivity index (χ1v) is 11.0. The molecular formula is C24H26N2O3S. The van der Waals surface area contributed by atoms with E-state index >= 15 is 0 Å². The Hall–Kier alpha value is -2.73. The van der Waals surface area contributed by atoms with Crippen molar-refractivity contribution < 1.29 is 14.3 Å². The molecule has 156 valence electrons. The summed E-state index contributed by atoms with van der Waals surface area (Å²) in [4.78, 5) is 19.7. The lowest BCUT2D eigenvalue weighted by atomic mass is 9.90. The predicted molar refractivity (Wildman–Crippen MR) is 122 cm³/mol. The molecule has 2 heterocycles. The maximum absolute atomic E-state index is 12.5. The predicted octanol–water partition coefficient (Wildman–Crippen LogP) is 4.63. The van der Waals surface area contributed by atoms with Gasteiger partial charge in [-0.2, -0.15) is 4.99 Å². The van der Waals surface area contributed by atoms with Gasteiger partial charge in [-0.3, -0.25) is 4.79 Å². The number of amidine groups is 1. The van der Waals surface area contributed by atoms with Crippen molar-refractivity contribution in [3.8, 4) is 11.5 Å². The zero-order valence-electron chi connectivity index (χ0n) is 17.3. The molecule has 1 amide bonds. The third kappa shape index (κ3) is 4.70. The number of hydrogen-bond donors (Lipinski definition) is 0. The number of thioether (sulfide) groups is 1. The number of hydrogen-bond acceptors (Lipinski definition) is 5. The second-order valence-corrected chi connectivity index (χ2v) is 8.55. The van der Waals surface area contributed by atoms with Gasteiger partial charge in [-0.15, -0.1) is 0 Å². The normalized spacial score (nSPS) is 18.6. The zero-order chi connectivity index (χ0) is 20.9. The number of carbonyl (C=O) groups excluding carboxylic acids is 1. The second kappa shape index (κ2) is 9.39. The summed E-state index contributed by atoms with van der Waals surface area (Å²) >= 11 is 1.45. The highest BCUT2D eigenvalue weighted by Crippen LogP contribution is 2.35. The molecule has 0 atom stereocenters. The Labute approximate surface area is 181 Å². The van der Waals surface area contributed by atoms with Gasteiger partial charge in [0.05, 0.1) is 19.1 Å². The molecule has 0 aliphatic carbocycles. The summed E-state index contributed by atoms with van der Waals surface area (Å²) in [5, 5.41) is 0.811. The van der Waals surface area contributed by atoms with Crippen LogP contribution in [0.1, 0.15) is 24.0 Å². The molecule has 1 saturated heterocycles. The Morgan fingerprint density at radius 2 is 1.87 bits per heavy atom. The molecule has 0 spiro atoms. The minimum Gasteiger partial charge on any atom is -0.497 e. The van der Waals surface area contributed by atoms with Crippen molar-refractivity contribution in [3.63, 3.8) is 0 Å². The van der Waals surface area contributed by atoms with Crippen LogP contribution in [0.2, 0.25) is 0 Å². The third-order valence-corrected chi connectivity index (χ3v) is 6.63. The van der Waals surface area contributed by atoms with Crippen LogP contribution < -0.4 is 9.47 Å². The molecule has 2 aromatic rings. The first-order valence-electron chi connectivity index (χ1n) is 10.2. The van der Waals surface area contributed by atoms with Crippen LogP contribution in [-0.2, 0) is 11.2 Å². The van der Waals surface area contributed by atoms with Gasteiger partial charge in [0.15, 0.2) is 5.17 Å². The molecule has 0 N–H and O–H groups in total. The first-order chi connectivity index (χ1) is 14.7. The van der Waals surface area contributed by atoms with Crippen LogP contribution in [0.15, 0.2) is 58.4 Å². The van der Waals surface area contributed by atoms with Gasteiger partial charge in [0.25, 0.3) is 5.91 Å². The molecule has 0 radical (unpaired) electrons. The Morgan fingerprint density at radius 3 is 2.57 bits per heavy atom. The molecule has 4 rings (SSSR count). The standard InChI is InChI=1S/C24H26N2O3S/c1-28-20-8-9-21(29-2)19(15-20)16-22-23(27)25-24(30-22)26-12-10-18(11-13-26)14-17-6-4-3-5-7-17/h3-9,15-16,18H,10-14H2,1-2H3/b22-16-. The number of piperidine rings is 1. The van der Waals surface area contributed by atoms with Crippen LogP contribution >= 0.6 is 11.8 Å². The van der Waals surface area contributed by atoms with Crippen molar-refractivity contribution in [1.29, 1.82) is 0 Å². The maximum atomic E-state index is 12.5. The number of carbonyl (C=O) groups is 1. The Bertz CT molecular complexity index is 964. The molecule has 2 aromatic carbocycles. The van der Waals surface area contributed by atoms with Crippen molar-refractivity contribution in [3.05, 3.63) is 64.6 Å². The molecule has 2 aliphatic rings. The molecule has 0 saturated carbocycles. The highest BCUT2D eigenvalue weighted by molar-refractivity contribution is 8.18. The van der Waals surface area contributed by atoms with E-state index in [1.54, 1.807) is 14.2 Å². The Kier molecular flexibility index (Phi) is 6.43. The monoisotopic (exact) mass is 422 g/mol. The molecule has 6 heteroatoms. The van der Waals surface area contributed by atoms with Crippen molar-refractivity contribution in [2.75, 3.05) is 27.3 Å². The van der Waals surface area contributed by atoms with Gasteiger partial charge in [-0.05, 0) is 66.8 Å². The van der Waals surface area contributed by atoms with E-state index in [0.717, 1.165) is 48.8 Å². The van der Waals surface area contributed by atoms with Crippen LogP contribution in [0.3, 0.4) is 0 Å². The number of amides is 1. The minimum absolute atomic E-state index is 0.189. The molecule has 5 nitrogen and oxygen atoms in total. The minimum atomic E-state index is -0.189. The van der Waals surface area contributed by atoms with E-state index in [9.17, 15) is 4.79 Å². The number of methoxy groups -OCH3 is 2. The summed E-state index contributed by atoms with van der Waals surface area (Å²) in [6.45, 7) is 1.87. The number of nitrogens with zero attached hydrogens (tertiary/aromatic N) is 2. The van der Waals surface area contributed by atoms with Gasteiger partial charge < -0.3 is 14.4 Å². The number of aliphatic imine (C=N–C) groups is 1. The smallest absolute Gasteiger partial charge is 0.286 e. The molecule has 1 fully saturated rings. The summed E-state index contributed by atoms with van der Waals surface area (Å²) in [7, 11) is 3.24. The average molecular weight is 423 g/mol. The maximum Gasteiger partial charge on any atom is 0.286 e. The highest BCUT2D eigenvalue weighted by atomic mass is 32.2. The Balaban J connectivity index is 1.39. The van der Waals surface area contributed by atoms with Crippen LogP contribution in [-0.4, -0.2) is 43.3 Å². The van der Waals surface area contributed by atoms with E-state index in [1.165, 1.54) is 17.3 Å². The fourth-order valence-corrected chi connectivity index (χ4v) is 4.86. The van der Waals surface area contributed by atoms with Crippen molar-refractivity contribution >= 4 is 28.9 Å². The average Bonchev–Trinajstić information content (AvgIpc) is 3.15. The lowest BCUT2D eigenvalue weighted by Gasteiger charge is -2.32. The number of benzene rings is 2. The van der Waals surface area contributed by atoms with Gasteiger partial charge in [0, 0.05) is 18.7 Å². The fourth-order valence-electron chi connectivity index (χ4n) is 3.90. The number of ether oxygens (including phenoxy) is 2. The van der Waals surface area contributed by atoms with Crippen LogP contribution in [0.5, 0.6) is 11.5 Å². The number of rotatable bonds is 5. The largest absolute Gasteiger partial charge is 0.497 e. The van der Waals surface area contributed by atoms with E-state index in [0.29, 0.717) is 16.6 Å². The van der Waals surface area contributed by atoms with E-state index in [-0.39, 0.29) is 5.91 Å². The van der Waals surface area contributed by atoms with Gasteiger partial charge in [0.2, 0.25) is 0 Å². The molecule has 0 bridgehead atoms. The lowest BCUT2D eigenvalue weighted by Crippen LogP contribution is -2.37. The van der Waals surface area contributed by atoms with Gasteiger partial charge in [0.1, 0.15) is 11.5 Å². The van der Waals surface area contributed by atoms with Crippen molar-refractivity contribution in [2.45, 2.75) is 19.3 Å². The van der Waals surface area contributed by atoms with Gasteiger partial charge in [-0.25, -0.2) is 0 Å². The summed E-state index contributed by atoms with van der Waals surface area (Å²) in [6, 6.07) is 16.2. The fraction of sp³-hybridized carbons (Fsp3) is 0.333. The molecule has 2 aliphatic heterocycles. The van der Waals surface area contributed by atoms with E-state index in [2.05, 4.69) is 40.2 Å². The summed E-state index contributed by atoms with van der Waals surface area (Å²) in [5.74, 6) is 1.92. The van der Waals surface area contributed by atoms with Crippen LogP contribution in [0.4, 0.5) is 0 Å². The van der Waals surface area contributed by atoms with Gasteiger partial charge >= 0.3 is 0 Å². The molecular weight excluding hydrogens is 396 g/mol. The van der Waals surface area contributed by atoms with Crippen molar-refractivity contribution in [1.82, 2.24) is 4.90 Å². The summed E-state index contributed by atoms with van der Waals surface area (Å²) in [5.41, 5.74) is 2.21. The molecule has 0 unspecified atom stereocenters. The van der Waals surface area contributed by atoms with Gasteiger partial charge in [-0.1, -0.05) is 30.3 Å². The lowest BCUT2D eigenvalue weighted by molar-refractivity contribution is -0.113. The number of likely N-dealkylation sites (tertiary alicyclic amines) is 1. The molecule has 0 aromatic heterocycles. The summed E-state index contributed by atoms with van der Waals surface area (Å²) < 4.78 is 10.7. The molecule has 30 heavy (non-hydrogen) atoms. The summed E-state index contributed by atoms with van der Waals surface area (Å²) in [6.07, 6.45) is 5.19. The first kappa shape index (κ1) is 20.5. The highest BCUT2D eigenvalue weighted by Gasteiger charge is 2.29. The second-order valence-electron chi connectivity index (χ2n) is 7.54. The quantitative estimate of drug-likeness (QED) is 0.658. The van der Waals surface area contributed by atoms with E-state index < -0.39 is 0 Å². The Morgan fingerprint density at radius 1 is 1.10 bits per heavy atom. The SMILES string of the molecule is COc1ccc(OC)c(/C=C2\SC(N3CCC(Cc4ccccc4)CC3)=NC2=O)c1. The van der Waals surface area contributed by atoms with Crippen molar-refractivity contribution in [2.24, 2.45) is 10.9 Å². The third-order valence-electron chi connectivity index (χ3n) is 5.58.